The predicted molar refractivity (Wildman–Crippen MR) is 78.0 cm³/mol. The summed E-state index contributed by atoms with van der Waals surface area (Å²) in [7, 11) is 0. The van der Waals surface area contributed by atoms with Crippen molar-refractivity contribution in [2.45, 2.75) is 58.7 Å². The Balaban J connectivity index is 1.80. The van der Waals surface area contributed by atoms with Gasteiger partial charge in [0.2, 0.25) is 0 Å². The molecule has 0 aliphatic carbocycles. The van der Waals surface area contributed by atoms with Crippen LogP contribution < -0.4 is 5.32 Å². The van der Waals surface area contributed by atoms with Crippen molar-refractivity contribution in [3.05, 3.63) is 23.8 Å². The second-order valence-corrected chi connectivity index (χ2v) is 5.73. The SMILES string of the molecule is Cc1nccc(CNC2CCCN(C(C)C)CC2)n1. The second kappa shape index (κ2) is 6.96. The van der Waals surface area contributed by atoms with Crippen LogP contribution in [-0.2, 0) is 6.54 Å². The summed E-state index contributed by atoms with van der Waals surface area (Å²) in [6.45, 7) is 9.82. The van der Waals surface area contributed by atoms with Gasteiger partial charge in [0.05, 0.1) is 5.69 Å². The Hall–Kier alpha value is -1.00. The minimum absolute atomic E-state index is 0.624. The van der Waals surface area contributed by atoms with Crippen molar-refractivity contribution >= 4 is 0 Å². The molecule has 1 atom stereocenters. The Morgan fingerprint density at radius 3 is 2.95 bits per heavy atom. The number of likely N-dealkylation sites (tertiary alicyclic amines) is 1. The number of hydrogen-bond donors (Lipinski definition) is 1. The molecule has 1 aliphatic rings. The fraction of sp³-hybridized carbons (Fsp3) is 0.733. The van der Waals surface area contributed by atoms with Crippen LogP contribution in [0.3, 0.4) is 0 Å². The maximum atomic E-state index is 4.44. The molecule has 4 nitrogen and oxygen atoms in total. The molecule has 0 bridgehead atoms. The summed E-state index contributed by atoms with van der Waals surface area (Å²) in [5.74, 6) is 0.853. The average Bonchev–Trinajstić information content (AvgIpc) is 2.62. The monoisotopic (exact) mass is 262 g/mol. The topological polar surface area (TPSA) is 41.1 Å². The maximum absolute atomic E-state index is 4.44. The lowest BCUT2D eigenvalue weighted by Gasteiger charge is -2.24. The summed E-state index contributed by atoms with van der Waals surface area (Å²) in [5, 5.41) is 3.65. The standard InChI is InChI=1S/C15H26N4/c1-12(2)19-9-4-5-14(7-10-19)17-11-15-6-8-16-13(3)18-15/h6,8,12,14,17H,4-5,7,9-11H2,1-3H3. The minimum atomic E-state index is 0.624. The van der Waals surface area contributed by atoms with Crippen molar-refractivity contribution in [2.24, 2.45) is 0 Å². The molecule has 1 unspecified atom stereocenters. The highest BCUT2D eigenvalue weighted by molar-refractivity contribution is 5.01. The van der Waals surface area contributed by atoms with Crippen LogP contribution in [-0.4, -0.2) is 40.0 Å². The van der Waals surface area contributed by atoms with Crippen LogP contribution in [0.4, 0.5) is 0 Å². The quantitative estimate of drug-likeness (QED) is 0.902. The van der Waals surface area contributed by atoms with Crippen LogP contribution in [0.1, 0.15) is 44.6 Å². The van der Waals surface area contributed by atoms with Crippen molar-refractivity contribution in [2.75, 3.05) is 13.1 Å². The third kappa shape index (κ3) is 4.55. The van der Waals surface area contributed by atoms with E-state index in [1.165, 1.54) is 32.4 Å². The zero-order valence-corrected chi connectivity index (χ0v) is 12.4. The van der Waals surface area contributed by atoms with Gasteiger partial charge >= 0.3 is 0 Å². The molecule has 1 aromatic heterocycles. The van der Waals surface area contributed by atoms with Gasteiger partial charge in [0.15, 0.2) is 0 Å². The summed E-state index contributed by atoms with van der Waals surface area (Å²) in [6.07, 6.45) is 5.64. The summed E-state index contributed by atoms with van der Waals surface area (Å²) >= 11 is 0. The highest BCUT2D eigenvalue weighted by atomic mass is 15.1. The van der Waals surface area contributed by atoms with E-state index in [2.05, 4.69) is 34.0 Å². The van der Waals surface area contributed by atoms with E-state index in [9.17, 15) is 0 Å². The molecule has 0 spiro atoms. The van der Waals surface area contributed by atoms with Crippen molar-refractivity contribution < 1.29 is 0 Å². The van der Waals surface area contributed by atoms with Gasteiger partial charge in [-0.2, -0.15) is 0 Å². The maximum Gasteiger partial charge on any atom is 0.125 e. The number of aromatic nitrogens is 2. The van der Waals surface area contributed by atoms with Gasteiger partial charge in [-0.3, -0.25) is 0 Å². The molecule has 2 rings (SSSR count). The van der Waals surface area contributed by atoms with Gasteiger partial charge in [-0.15, -0.1) is 0 Å². The lowest BCUT2D eigenvalue weighted by atomic mass is 10.1. The van der Waals surface area contributed by atoms with E-state index in [0.717, 1.165) is 18.1 Å². The third-order valence-electron chi connectivity index (χ3n) is 3.90. The van der Waals surface area contributed by atoms with Gasteiger partial charge < -0.3 is 10.2 Å². The summed E-state index contributed by atoms with van der Waals surface area (Å²) in [6, 6.07) is 3.29. The molecule has 0 radical (unpaired) electrons. The van der Waals surface area contributed by atoms with Gasteiger partial charge in [0.1, 0.15) is 5.82 Å². The van der Waals surface area contributed by atoms with E-state index < -0.39 is 0 Å². The molecule has 106 valence electrons. The highest BCUT2D eigenvalue weighted by Crippen LogP contribution is 2.13. The van der Waals surface area contributed by atoms with E-state index in [1.54, 1.807) is 0 Å². The molecule has 1 saturated heterocycles. The Kier molecular flexibility index (Phi) is 5.28. The fourth-order valence-electron chi connectivity index (χ4n) is 2.69. The van der Waals surface area contributed by atoms with Crippen molar-refractivity contribution in [1.29, 1.82) is 0 Å². The van der Waals surface area contributed by atoms with E-state index in [4.69, 9.17) is 0 Å². The molecular formula is C15H26N4. The Labute approximate surface area is 116 Å². The molecule has 0 saturated carbocycles. The van der Waals surface area contributed by atoms with E-state index in [1.807, 2.05) is 19.2 Å². The second-order valence-electron chi connectivity index (χ2n) is 5.73. The van der Waals surface area contributed by atoms with Crippen LogP contribution in [0.5, 0.6) is 0 Å². The van der Waals surface area contributed by atoms with Gasteiger partial charge in [-0.25, -0.2) is 9.97 Å². The molecule has 19 heavy (non-hydrogen) atoms. The van der Waals surface area contributed by atoms with Crippen LogP contribution in [0, 0.1) is 6.92 Å². The lowest BCUT2D eigenvalue weighted by Crippen LogP contribution is -2.34. The smallest absolute Gasteiger partial charge is 0.125 e. The van der Waals surface area contributed by atoms with Crippen molar-refractivity contribution in [3.63, 3.8) is 0 Å². The molecule has 0 amide bonds. The van der Waals surface area contributed by atoms with Crippen LogP contribution in [0.25, 0.3) is 0 Å². The van der Waals surface area contributed by atoms with Crippen molar-refractivity contribution in [3.8, 4) is 0 Å². The summed E-state index contributed by atoms with van der Waals surface area (Å²) in [5.41, 5.74) is 1.09. The number of nitrogens with zero attached hydrogens (tertiary/aromatic N) is 3. The van der Waals surface area contributed by atoms with Gasteiger partial charge in [0.25, 0.3) is 0 Å². The lowest BCUT2D eigenvalue weighted by molar-refractivity contribution is 0.229. The van der Waals surface area contributed by atoms with E-state index in [0.29, 0.717) is 12.1 Å². The zero-order chi connectivity index (χ0) is 13.7. The number of nitrogens with one attached hydrogen (secondary N) is 1. The largest absolute Gasteiger partial charge is 0.308 e. The Bertz CT molecular complexity index is 391. The first-order chi connectivity index (χ1) is 9.15. The predicted octanol–water partition coefficient (Wildman–Crippen LogP) is 2.14. The van der Waals surface area contributed by atoms with Crippen LogP contribution in [0.2, 0.25) is 0 Å². The Morgan fingerprint density at radius 1 is 1.37 bits per heavy atom. The van der Waals surface area contributed by atoms with Crippen LogP contribution >= 0.6 is 0 Å². The molecule has 0 aromatic carbocycles. The summed E-state index contributed by atoms with van der Waals surface area (Å²) < 4.78 is 0. The molecule has 4 heteroatoms. The first kappa shape index (κ1) is 14.4. The molecular weight excluding hydrogens is 236 g/mol. The summed E-state index contributed by atoms with van der Waals surface area (Å²) in [4.78, 5) is 11.2. The number of hydrogen-bond acceptors (Lipinski definition) is 4. The highest BCUT2D eigenvalue weighted by Gasteiger charge is 2.18. The van der Waals surface area contributed by atoms with Crippen molar-refractivity contribution in [1.82, 2.24) is 20.2 Å². The first-order valence-corrected chi connectivity index (χ1v) is 7.41. The average molecular weight is 262 g/mol. The molecule has 1 fully saturated rings. The minimum Gasteiger partial charge on any atom is -0.308 e. The zero-order valence-electron chi connectivity index (χ0n) is 12.4. The van der Waals surface area contributed by atoms with Gasteiger partial charge in [-0.05, 0) is 59.2 Å². The van der Waals surface area contributed by atoms with E-state index >= 15 is 0 Å². The molecule has 1 aromatic rings. The van der Waals surface area contributed by atoms with Crippen LogP contribution in [0.15, 0.2) is 12.3 Å². The molecule has 1 N–H and O–H groups in total. The van der Waals surface area contributed by atoms with E-state index in [-0.39, 0.29) is 0 Å². The number of rotatable bonds is 4. The Morgan fingerprint density at radius 2 is 2.21 bits per heavy atom. The normalized spacial score (nSPS) is 21.6. The number of aryl methyl sites for hydroxylation is 1. The fourth-order valence-corrected chi connectivity index (χ4v) is 2.69. The third-order valence-corrected chi connectivity index (χ3v) is 3.90. The molecule has 1 aliphatic heterocycles. The van der Waals surface area contributed by atoms with Gasteiger partial charge in [-0.1, -0.05) is 0 Å². The first-order valence-electron chi connectivity index (χ1n) is 7.41. The van der Waals surface area contributed by atoms with Gasteiger partial charge in [0, 0.05) is 24.8 Å². The molecule has 2 heterocycles.